The molecule has 28 heavy (non-hydrogen) atoms. The molecule has 0 aromatic heterocycles. The predicted octanol–water partition coefficient (Wildman–Crippen LogP) is 0.605. The van der Waals surface area contributed by atoms with E-state index in [0.717, 1.165) is 25.9 Å². The van der Waals surface area contributed by atoms with Gasteiger partial charge in [-0.3, -0.25) is 9.69 Å². The minimum atomic E-state index is -3.48. The number of amides is 1. The number of carbonyl (C=O) groups excluding carboxylic acids is 1. The Morgan fingerprint density at radius 3 is 1.96 bits per heavy atom. The van der Waals surface area contributed by atoms with Gasteiger partial charge in [-0.1, -0.05) is 6.92 Å². The van der Waals surface area contributed by atoms with Gasteiger partial charge in [-0.25, -0.2) is 0 Å². The van der Waals surface area contributed by atoms with E-state index in [9.17, 15) is 13.2 Å². The molecule has 0 aliphatic carbocycles. The Kier molecular flexibility index (Phi) is 7.02. The van der Waals surface area contributed by atoms with Gasteiger partial charge in [-0.2, -0.15) is 17.0 Å². The molecule has 8 nitrogen and oxygen atoms in total. The van der Waals surface area contributed by atoms with Crippen molar-refractivity contribution in [3.63, 3.8) is 0 Å². The second kappa shape index (κ2) is 8.95. The summed E-state index contributed by atoms with van der Waals surface area (Å²) in [7, 11) is -3.48. The van der Waals surface area contributed by atoms with Gasteiger partial charge in [0.15, 0.2) is 0 Å². The lowest BCUT2D eigenvalue weighted by molar-refractivity contribution is -0.138. The maximum absolute atomic E-state index is 13.0. The van der Waals surface area contributed by atoms with Crippen LogP contribution in [0.3, 0.4) is 0 Å². The van der Waals surface area contributed by atoms with E-state index in [-0.39, 0.29) is 24.2 Å². The Morgan fingerprint density at radius 2 is 1.43 bits per heavy atom. The lowest BCUT2D eigenvalue weighted by Gasteiger charge is -2.42. The quantitative estimate of drug-likeness (QED) is 0.671. The van der Waals surface area contributed by atoms with Crippen LogP contribution in [0.2, 0.25) is 0 Å². The minimum absolute atomic E-state index is 0.0929. The van der Waals surface area contributed by atoms with Crippen molar-refractivity contribution in [2.45, 2.75) is 58.8 Å². The molecule has 3 aliphatic heterocycles. The summed E-state index contributed by atoms with van der Waals surface area (Å²) >= 11 is 0. The van der Waals surface area contributed by atoms with Gasteiger partial charge in [0, 0.05) is 52.4 Å². The van der Waals surface area contributed by atoms with Gasteiger partial charge in [0.2, 0.25) is 5.91 Å². The zero-order valence-corrected chi connectivity index (χ0v) is 18.5. The largest absolute Gasteiger partial charge is 0.373 e. The van der Waals surface area contributed by atoms with E-state index in [0.29, 0.717) is 45.2 Å². The summed E-state index contributed by atoms with van der Waals surface area (Å²) in [5.74, 6) is 0.873. The molecule has 3 aliphatic rings. The summed E-state index contributed by atoms with van der Waals surface area (Å²) < 4.78 is 34.8. The van der Waals surface area contributed by atoms with Crippen molar-refractivity contribution >= 4 is 16.1 Å². The maximum atomic E-state index is 13.0. The normalized spacial score (nSPS) is 31.1. The summed E-state index contributed by atoms with van der Waals surface area (Å²) in [5, 5.41) is 0. The van der Waals surface area contributed by atoms with E-state index in [1.807, 2.05) is 25.7 Å². The van der Waals surface area contributed by atoms with Crippen LogP contribution in [0, 0.1) is 5.92 Å². The topological polar surface area (TPSA) is 73.4 Å². The Hall–Kier alpha value is -0.740. The minimum Gasteiger partial charge on any atom is -0.373 e. The second-order valence-corrected chi connectivity index (χ2v) is 10.6. The molecule has 162 valence electrons. The molecular formula is C19H36N4O4S. The molecule has 0 bridgehead atoms. The standard InChI is InChI=1S/C19H36N4O4S/c1-15-5-7-21(8-6-15)19(24)18(4)20-9-11-22(12-10-20)28(25,26)23-13-16(2)27-17(3)14-23/h15-18H,5-14H2,1-4H3. The van der Waals surface area contributed by atoms with Crippen LogP contribution >= 0.6 is 0 Å². The van der Waals surface area contributed by atoms with Crippen molar-refractivity contribution in [2.24, 2.45) is 5.92 Å². The average Bonchev–Trinajstić information content (AvgIpc) is 2.67. The van der Waals surface area contributed by atoms with Crippen LogP contribution in [0.5, 0.6) is 0 Å². The first-order valence-electron chi connectivity index (χ1n) is 10.6. The number of carbonyl (C=O) groups is 1. The number of piperidine rings is 1. The molecule has 0 aromatic carbocycles. The van der Waals surface area contributed by atoms with Crippen molar-refractivity contribution in [1.29, 1.82) is 0 Å². The highest BCUT2D eigenvalue weighted by Gasteiger charge is 2.38. The second-order valence-electron chi connectivity index (χ2n) is 8.70. The number of ether oxygens (including phenoxy) is 1. The smallest absolute Gasteiger partial charge is 0.282 e. The molecule has 3 rings (SSSR count). The molecule has 3 unspecified atom stereocenters. The van der Waals surface area contributed by atoms with Crippen molar-refractivity contribution in [3.8, 4) is 0 Å². The lowest BCUT2D eigenvalue weighted by Crippen LogP contribution is -2.59. The zero-order valence-electron chi connectivity index (χ0n) is 17.7. The number of morpholine rings is 1. The van der Waals surface area contributed by atoms with Gasteiger partial charge < -0.3 is 9.64 Å². The van der Waals surface area contributed by atoms with Gasteiger partial charge in [-0.15, -0.1) is 0 Å². The van der Waals surface area contributed by atoms with E-state index < -0.39 is 10.2 Å². The molecule has 0 radical (unpaired) electrons. The average molecular weight is 417 g/mol. The maximum Gasteiger partial charge on any atom is 0.282 e. The fourth-order valence-corrected chi connectivity index (χ4v) is 6.20. The molecule has 3 fully saturated rings. The Morgan fingerprint density at radius 1 is 0.893 bits per heavy atom. The molecule has 0 N–H and O–H groups in total. The van der Waals surface area contributed by atoms with E-state index >= 15 is 0 Å². The third-order valence-electron chi connectivity index (χ3n) is 6.31. The molecule has 3 heterocycles. The summed E-state index contributed by atoms with van der Waals surface area (Å²) in [6, 6.07) is -0.193. The van der Waals surface area contributed by atoms with Gasteiger partial charge in [0.05, 0.1) is 18.2 Å². The Balaban J connectivity index is 1.54. The Labute approximate surface area is 170 Å². The number of likely N-dealkylation sites (tertiary alicyclic amines) is 1. The van der Waals surface area contributed by atoms with Crippen LogP contribution in [-0.2, 0) is 19.7 Å². The number of hydrogen-bond donors (Lipinski definition) is 0. The van der Waals surface area contributed by atoms with Crippen LogP contribution in [0.15, 0.2) is 0 Å². The molecule has 9 heteroatoms. The van der Waals surface area contributed by atoms with E-state index in [1.165, 1.54) is 0 Å². The third-order valence-corrected chi connectivity index (χ3v) is 8.28. The van der Waals surface area contributed by atoms with Gasteiger partial charge in [-0.05, 0) is 39.5 Å². The summed E-state index contributed by atoms with van der Waals surface area (Å²) in [6.07, 6.45) is 1.95. The van der Waals surface area contributed by atoms with Crippen LogP contribution in [0.1, 0.15) is 40.5 Å². The number of hydrogen-bond acceptors (Lipinski definition) is 5. The lowest BCUT2D eigenvalue weighted by atomic mass is 9.98. The van der Waals surface area contributed by atoms with Crippen LogP contribution < -0.4 is 0 Å². The van der Waals surface area contributed by atoms with Crippen molar-refractivity contribution in [3.05, 3.63) is 0 Å². The van der Waals surface area contributed by atoms with Gasteiger partial charge >= 0.3 is 0 Å². The zero-order chi connectivity index (χ0) is 20.5. The van der Waals surface area contributed by atoms with E-state index in [1.54, 1.807) is 8.61 Å². The predicted molar refractivity (Wildman–Crippen MR) is 108 cm³/mol. The highest BCUT2D eigenvalue weighted by atomic mass is 32.2. The van der Waals surface area contributed by atoms with Gasteiger partial charge in [0.1, 0.15) is 0 Å². The first-order valence-corrected chi connectivity index (χ1v) is 12.0. The monoisotopic (exact) mass is 416 g/mol. The van der Waals surface area contributed by atoms with Crippen molar-refractivity contribution in [2.75, 3.05) is 52.4 Å². The summed E-state index contributed by atoms with van der Waals surface area (Å²) in [6.45, 7) is 12.5. The van der Waals surface area contributed by atoms with Gasteiger partial charge in [0.25, 0.3) is 10.2 Å². The fourth-order valence-electron chi connectivity index (χ4n) is 4.45. The van der Waals surface area contributed by atoms with Crippen LogP contribution in [0.4, 0.5) is 0 Å². The highest BCUT2D eigenvalue weighted by molar-refractivity contribution is 7.86. The van der Waals surface area contributed by atoms with E-state index in [2.05, 4.69) is 11.8 Å². The molecule has 3 atom stereocenters. The van der Waals surface area contributed by atoms with E-state index in [4.69, 9.17) is 4.74 Å². The number of rotatable bonds is 4. The summed E-state index contributed by atoms with van der Waals surface area (Å²) in [4.78, 5) is 16.9. The summed E-state index contributed by atoms with van der Waals surface area (Å²) in [5.41, 5.74) is 0. The first kappa shape index (κ1) is 22.0. The van der Waals surface area contributed by atoms with Crippen molar-refractivity contribution < 1.29 is 17.9 Å². The number of nitrogens with zero attached hydrogens (tertiary/aromatic N) is 4. The first-order chi connectivity index (χ1) is 13.2. The number of piperazine rings is 1. The Bertz CT molecular complexity index is 632. The highest BCUT2D eigenvalue weighted by Crippen LogP contribution is 2.21. The van der Waals surface area contributed by atoms with Crippen LogP contribution in [-0.4, -0.2) is 103 Å². The molecular weight excluding hydrogens is 380 g/mol. The molecule has 0 saturated carbocycles. The van der Waals surface area contributed by atoms with Crippen molar-refractivity contribution in [1.82, 2.24) is 18.4 Å². The molecule has 0 spiro atoms. The molecule has 0 aromatic rings. The third kappa shape index (κ3) is 4.87. The SMILES string of the molecule is CC1CCN(C(=O)C(C)N2CCN(S(=O)(=O)N3CC(C)OC(C)C3)CC2)CC1. The molecule has 1 amide bonds. The fraction of sp³-hybridized carbons (Fsp3) is 0.947. The van der Waals surface area contributed by atoms with Crippen LogP contribution in [0.25, 0.3) is 0 Å². The molecule has 3 saturated heterocycles.